The highest BCUT2D eigenvalue weighted by Gasteiger charge is 2.38. The van der Waals surface area contributed by atoms with Crippen LogP contribution in [-0.4, -0.2) is 45.7 Å². The first-order chi connectivity index (χ1) is 16.5. The zero-order valence-electron chi connectivity index (χ0n) is 19.4. The summed E-state index contributed by atoms with van der Waals surface area (Å²) in [6.45, 7) is 0. The van der Waals surface area contributed by atoms with Gasteiger partial charge in [-0.25, -0.2) is 0 Å². The molecule has 1 atom stereocenters. The third-order valence-corrected chi connectivity index (χ3v) is 5.66. The number of hydrogen-bond acceptors (Lipinski definition) is 9. The number of hydrogen-bond donors (Lipinski definition) is 2. The van der Waals surface area contributed by atoms with Crippen molar-refractivity contribution in [3.8, 4) is 52.0 Å². The normalized spacial score (nSPS) is 14.5. The molecule has 1 aliphatic heterocycles. The van der Waals surface area contributed by atoms with Gasteiger partial charge in [-0.1, -0.05) is 6.07 Å². The number of nitrogens with two attached hydrogens (primary N) is 1. The van der Waals surface area contributed by atoms with Crippen molar-refractivity contribution in [1.29, 1.82) is 5.26 Å². The molecule has 34 heavy (non-hydrogen) atoms. The van der Waals surface area contributed by atoms with Crippen LogP contribution < -0.4 is 34.2 Å². The van der Waals surface area contributed by atoms with Gasteiger partial charge in [-0.3, -0.25) is 5.10 Å². The number of nitrogens with one attached hydrogen (secondary N) is 1. The van der Waals surface area contributed by atoms with E-state index in [1.165, 1.54) is 21.3 Å². The van der Waals surface area contributed by atoms with E-state index in [1.807, 2.05) is 12.1 Å². The minimum atomic E-state index is -0.662. The van der Waals surface area contributed by atoms with E-state index in [4.69, 9.17) is 34.2 Å². The van der Waals surface area contributed by atoms with Crippen molar-refractivity contribution < 1.29 is 28.4 Å². The molecule has 0 saturated carbocycles. The van der Waals surface area contributed by atoms with Crippen molar-refractivity contribution in [2.24, 2.45) is 5.73 Å². The van der Waals surface area contributed by atoms with Gasteiger partial charge in [0.25, 0.3) is 0 Å². The van der Waals surface area contributed by atoms with Gasteiger partial charge in [-0.15, -0.1) is 5.10 Å². The summed E-state index contributed by atoms with van der Waals surface area (Å²) in [5.41, 5.74) is 8.96. The summed E-state index contributed by atoms with van der Waals surface area (Å²) < 4.78 is 33.2. The molecule has 0 fully saturated rings. The quantitative estimate of drug-likeness (QED) is 0.540. The van der Waals surface area contributed by atoms with E-state index in [-0.39, 0.29) is 17.3 Å². The molecule has 3 N–H and O–H groups in total. The maximum Gasteiger partial charge on any atom is 0.244 e. The van der Waals surface area contributed by atoms with E-state index in [1.54, 1.807) is 32.4 Å². The average Bonchev–Trinajstić information content (AvgIpc) is 3.29. The Hall–Kier alpha value is -4.52. The molecule has 0 saturated heterocycles. The maximum absolute atomic E-state index is 10.0. The Bertz CT molecular complexity index is 1310. The number of allylic oxidation sites excluding steroid dienone is 1. The van der Waals surface area contributed by atoms with Crippen molar-refractivity contribution in [2.45, 2.75) is 5.92 Å². The van der Waals surface area contributed by atoms with Crippen LogP contribution in [0.5, 0.6) is 34.6 Å². The predicted molar refractivity (Wildman–Crippen MR) is 123 cm³/mol. The number of aromatic nitrogens is 2. The van der Waals surface area contributed by atoms with Crippen molar-refractivity contribution in [2.75, 3.05) is 35.5 Å². The molecular weight excluding hydrogens is 440 g/mol. The Morgan fingerprint density at radius 3 is 2.21 bits per heavy atom. The molecular formula is C24H24N4O6. The van der Waals surface area contributed by atoms with Gasteiger partial charge >= 0.3 is 0 Å². The van der Waals surface area contributed by atoms with Crippen LogP contribution in [0.3, 0.4) is 0 Å². The number of fused-ring (bicyclic) bond motifs is 1. The SMILES string of the molecule is COc1ccc(-c2[nH]nc3c2[C@H](c2ccc(OC)c(OC)c2OC)C(C#N)=C(N)O3)cc1OC. The van der Waals surface area contributed by atoms with Gasteiger partial charge in [0.05, 0.1) is 52.7 Å². The van der Waals surface area contributed by atoms with E-state index in [0.717, 1.165) is 5.56 Å². The van der Waals surface area contributed by atoms with E-state index in [0.29, 0.717) is 45.6 Å². The number of benzene rings is 2. The summed E-state index contributed by atoms with van der Waals surface area (Å²) >= 11 is 0. The molecule has 0 unspecified atom stereocenters. The zero-order chi connectivity index (χ0) is 24.4. The highest BCUT2D eigenvalue weighted by atomic mass is 16.5. The molecule has 1 aliphatic rings. The van der Waals surface area contributed by atoms with Crippen LogP contribution in [0.15, 0.2) is 41.8 Å². The number of nitriles is 1. The van der Waals surface area contributed by atoms with Gasteiger partial charge < -0.3 is 34.2 Å². The lowest BCUT2D eigenvalue weighted by Crippen LogP contribution is -2.21. The van der Waals surface area contributed by atoms with Crippen molar-refractivity contribution in [3.63, 3.8) is 0 Å². The minimum absolute atomic E-state index is 0.0396. The summed E-state index contributed by atoms with van der Waals surface area (Å²) in [6.07, 6.45) is 0. The molecule has 3 aromatic rings. The fourth-order valence-corrected chi connectivity index (χ4v) is 4.12. The van der Waals surface area contributed by atoms with Gasteiger partial charge in [-0.2, -0.15) is 5.26 Å². The Labute approximate surface area is 196 Å². The smallest absolute Gasteiger partial charge is 0.244 e. The lowest BCUT2D eigenvalue weighted by molar-refractivity contribution is 0.321. The molecule has 0 radical (unpaired) electrons. The Morgan fingerprint density at radius 2 is 1.59 bits per heavy atom. The highest BCUT2D eigenvalue weighted by molar-refractivity contribution is 5.74. The standard InChI is InChI=1S/C24H24N4O6/c1-29-15-8-6-12(10-17(15)31-3)20-19-18(14(11-25)23(26)34-24(19)28-27-20)13-7-9-16(30-2)22(33-5)21(13)32-4/h6-10,18H,26H2,1-5H3,(H,27,28)/t18-/m1/s1. The third-order valence-electron chi connectivity index (χ3n) is 5.66. The van der Waals surface area contributed by atoms with E-state index >= 15 is 0 Å². The van der Waals surface area contributed by atoms with Crippen LogP contribution in [0.2, 0.25) is 0 Å². The van der Waals surface area contributed by atoms with Gasteiger partial charge in [0.1, 0.15) is 11.6 Å². The molecule has 1 aromatic heterocycles. The second kappa shape index (κ2) is 9.15. The molecule has 176 valence electrons. The number of rotatable bonds is 7. The topological polar surface area (TPSA) is 134 Å². The van der Waals surface area contributed by atoms with E-state index in [9.17, 15) is 5.26 Å². The van der Waals surface area contributed by atoms with Crippen LogP contribution in [0.25, 0.3) is 11.3 Å². The fourth-order valence-electron chi connectivity index (χ4n) is 4.12. The lowest BCUT2D eigenvalue weighted by Gasteiger charge is -2.26. The van der Waals surface area contributed by atoms with Crippen LogP contribution in [0, 0.1) is 11.3 Å². The van der Waals surface area contributed by atoms with Crippen LogP contribution in [0.1, 0.15) is 17.0 Å². The van der Waals surface area contributed by atoms with Gasteiger partial charge in [-0.05, 0) is 24.3 Å². The molecule has 4 rings (SSSR count). The number of methoxy groups -OCH3 is 5. The summed E-state index contributed by atoms with van der Waals surface area (Å²) in [7, 11) is 7.69. The van der Waals surface area contributed by atoms with Gasteiger partial charge in [0, 0.05) is 11.1 Å². The van der Waals surface area contributed by atoms with Crippen molar-refractivity contribution in [1.82, 2.24) is 10.2 Å². The monoisotopic (exact) mass is 464 g/mol. The first-order valence-corrected chi connectivity index (χ1v) is 10.2. The summed E-state index contributed by atoms with van der Waals surface area (Å²) in [5, 5.41) is 17.4. The third kappa shape index (κ3) is 3.47. The van der Waals surface area contributed by atoms with E-state index < -0.39 is 5.92 Å². The minimum Gasteiger partial charge on any atom is -0.493 e. The van der Waals surface area contributed by atoms with Crippen LogP contribution >= 0.6 is 0 Å². The number of aromatic amines is 1. The molecule has 10 nitrogen and oxygen atoms in total. The van der Waals surface area contributed by atoms with Crippen molar-refractivity contribution >= 4 is 0 Å². The number of ether oxygens (including phenoxy) is 6. The zero-order valence-corrected chi connectivity index (χ0v) is 19.4. The molecule has 0 aliphatic carbocycles. The lowest BCUT2D eigenvalue weighted by atomic mass is 9.82. The summed E-state index contributed by atoms with van der Waals surface area (Å²) in [6, 6.07) is 11.2. The first-order valence-electron chi connectivity index (χ1n) is 10.2. The molecule has 0 bridgehead atoms. The molecule has 0 amide bonds. The number of H-pyrrole nitrogens is 1. The predicted octanol–water partition coefficient (Wildman–Crippen LogP) is 3.34. The van der Waals surface area contributed by atoms with E-state index in [2.05, 4.69) is 16.3 Å². The molecule has 0 spiro atoms. The summed E-state index contributed by atoms with van der Waals surface area (Å²) in [5.74, 6) is 1.95. The fraction of sp³-hybridized carbons (Fsp3) is 0.250. The first kappa shape index (κ1) is 22.7. The maximum atomic E-state index is 10.0. The Kier molecular flexibility index (Phi) is 6.10. The summed E-state index contributed by atoms with van der Waals surface area (Å²) in [4.78, 5) is 0. The Morgan fingerprint density at radius 1 is 0.912 bits per heavy atom. The largest absolute Gasteiger partial charge is 0.493 e. The average molecular weight is 464 g/mol. The number of nitrogens with zero attached hydrogens (tertiary/aromatic N) is 2. The second-order valence-corrected chi connectivity index (χ2v) is 7.24. The van der Waals surface area contributed by atoms with Gasteiger partial charge in [0.2, 0.25) is 17.5 Å². The van der Waals surface area contributed by atoms with Gasteiger partial charge in [0.15, 0.2) is 23.0 Å². The van der Waals surface area contributed by atoms with Crippen LogP contribution in [-0.2, 0) is 0 Å². The second-order valence-electron chi connectivity index (χ2n) is 7.24. The van der Waals surface area contributed by atoms with Crippen molar-refractivity contribution in [3.05, 3.63) is 52.9 Å². The molecule has 2 heterocycles. The molecule has 2 aromatic carbocycles. The van der Waals surface area contributed by atoms with Crippen LogP contribution in [0.4, 0.5) is 0 Å². The molecule has 10 heteroatoms. The Balaban J connectivity index is 1.99. The highest BCUT2D eigenvalue weighted by Crippen LogP contribution is 2.51.